The van der Waals surface area contributed by atoms with Gasteiger partial charge in [0.15, 0.2) is 5.78 Å². The fourth-order valence-electron chi connectivity index (χ4n) is 3.84. The zero-order chi connectivity index (χ0) is 19.7. The van der Waals surface area contributed by atoms with E-state index in [4.69, 9.17) is 9.72 Å². The number of carbonyl (C=O) groups is 1. The Morgan fingerprint density at radius 3 is 2.82 bits per heavy atom. The zero-order valence-corrected chi connectivity index (χ0v) is 16.5. The van der Waals surface area contributed by atoms with Crippen LogP contribution in [0.15, 0.2) is 59.8 Å². The van der Waals surface area contributed by atoms with Crippen LogP contribution in [0, 0.1) is 0 Å². The van der Waals surface area contributed by atoms with E-state index < -0.39 is 0 Å². The quantitative estimate of drug-likeness (QED) is 0.610. The lowest BCUT2D eigenvalue weighted by molar-refractivity contribution is -0.114. The van der Waals surface area contributed by atoms with E-state index in [2.05, 4.69) is 22.9 Å². The van der Waals surface area contributed by atoms with Crippen LogP contribution >= 0.6 is 0 Å². The lowest BCUT2D eigenvalue weighted by Gasteiger charge is -2.30. The smallest absolute Gasteiger partial charge is 0.209 e. The van der Waals surface area contributed by atoms with Crippen LogP contribution in [0.4, 0.5) is 5.95 Å². The number of unbranched alkanes of at least 4 members (excludes halogenated alkanes) is 1. The molecule has 0 saturated carbocycles. The van der Waals surface area contributed by atoms with Crippen molar-refractivity contribution in [2.45, 2.75) is 39.7 Å². The maximum absolute atomic E-state index is 12.6. The Bertz CT molecular complexity index is 1060. The third-order valence-electron chi connectivity index (χ3n) is 5.15. The van der Waals surface area contributed by atoms with E-state index in [0.29, 0.717) is 6.61 Å². The van der Waals surface area contributed by atoms with Crippen molar-refractivity contribution in [3.8, 4) is 5.75 Å². The number of para-hydroxylation sites is 2. The maximum Gasteiger partial charge on any atom is 0.209 e. The first-order chi connectivity index (χ1) is 13.6. The molecule has 1 aliphatic heterocycles. The maximum atomic E-state index is 12.6. The molecule has 5 heteroatoms. The van der Waals surface area contributed by atoms with Gasteiger partial charge in [0, 0.05) is 11.3 Å². The normalized spacial score (nSPS) is 16.0. The highest BCUT2D eigenvalue weighted by Crippen LogP contribution is 2.40. The molecule has 3 aromatic rings. The first-order valence-corrected chi connectivity index (χ1v) is 9.78. The van der Waals surface area contributed by atoms with Gasteiger partial charge in [0.1, 0.15) is 5.75 Å². The number of ether oxygens (including phenoxy) is 1. The number of anilines is 1. The van der Waals surface area contributed by atoms with Crippen molar-refractivity contribution in [3.63, 3.8) is 0 Å². The van der Waals surface area contributed by atoms with E-state index in [1.54, 1.807) is 6.92 Å². The van der Waals surface area contributed by atoms with Crippen molar-refractivity contribution < 1.29 is 9.53 Å². The molecule has 0 unspecified atom stereocenters. The minimum atomic E-state index is -0.240. The van der Waals surface area contributed by atoms with Crippen LogP contribution in [0.3, 0.4) is 0 Å². The molecule has 5 nitrogen and oxygen atoms in total. The van der Waals surface area contributed by atoms with Gasteiger partial charge < -0.3 is 10.1 Å². The summed E-state index contributed by atoms with van der Waals surface area (Å²) in [6.45, 7) is 6.40. The standard InChI is InChI=1S/C23H25N3O2/c1-4-5-13-28-18-10-8-9-17(14-18)22-21(16(3)27)15(2)24-23-25-19-11-6-7-12-20(19)26(22)23/h6-12,14,22H,4-5,13H2,1-3H3,(H,24,25)/t22-/m1/s1. The Kier molecular flexibility index (Phi) is 4.90. The fourth-order valence-corrected chi connectivity index (χ4v) is 3.84. The third kappa shape index (κ3) is 3.17. The van der Waals surface area contributed by atoms with Gasteiger partial charge in [-0.05, 0) is 50.1 Å². The van der Waals surface area contributed by atoms with Gasteiger partial charge in [-0.3, -0.25) is 9.36 Å². The highest BCUT2D eigenvalue weighted by atomic mass is 16.5. The molecule has 1 atom stereocenters. The lowest BCUT2D eigenvalue weighted by Crippen LogP contribution is -2.27. The number of carbonyl (C=O) groups excluding carboxylic acids is 1. The van der Waals surface area contributed by atoms with Crippen LogP contribution in [0.25, 0.3) is 11.0 Å². The number of hydrogen-bond donors (Lipinski definition) is 1. The molecule has 144 valence electrons. The van der Waals surface area contributed by atoms with Gasteiger partial charge >= 0.3 is 0 Å². The van der Waals surface area contributed by atoms with E-state index >= 15 is 0 Å². The highest BCUT2D eigenvalue weighted by Gasteiger charge is 2.32. The van der Waals surface area contributed by atoms with Crippen molar-refractivity contribution in [1.29, 1.82) is 0 Å². The van der Waals surface area contributed by atoms with E-state index in [-0.39, 0.29) is 11.8 Å². The van der Waals surface area contributed by atoms with Crippen LogP contribution in [0.1, 0.15) is 45.2 Å². The highest BCUT2D eigenvalue weighted by molar-refractivity contribution is 5.97. The van der Waals surface area contributed by atoms with Crippen molar-refractivity contribution in [2.24, 2.45) is 0 Å². The SMILES string of the molecule is CCCCOc1cccc([C@@H]2C(C(C)=O)=C(C)Nc3nc4ccccc4n32)c1. The Morgan fingerprint density at radius 2 is 2.04 bits per heavy atom. The largest absolute Gasteiger partial charge is 0.494 e. The molecule has 1 aromatic heterocycles. The third-order valence-corrected chi connectivity index (χ3v) is 5.15. The molecule has 0 radical (unpaired) electrons. The van der Waals surface area contributed by atoms with E-state index in [9.17, 15) is 4.79 Å². The Hall–Kier alpha value is -3.08. The first kappa shape index (κ1) is 18.3. The summed E-state index contributed by atoms with van der Waals surface area (Å²) in [5, 5.41) is 3.32. The molecule has 0 amide bonds. The molecule has 28 heavy (non-hydrogen) atoms. The van der Waals surface area contributed by atoms with Gasteiger partial charge in [0.2, 0.25) is 5.95 Å². The van der Waals surface area contributed by atoms with Crippen molar-refractivity contribution in [3.05, 3.63) is 65.4 Å². The molecule has 4 rings (SSSR count). The second kappa shape index (κ2) is 7.50. The molecule has 0 saturated heterocycles. The molecule has 0 aliphatic carbocycles. The molecule has 0 fully saturated rings. The average Bonchev–Trinajstić information content (AvgIpc) is 3.05. The van der Waals surface area contributed by atoms with Gasteiger partial charge in [-0.25, -0.2) is 4.98 Å². The predicted molar refractivity (Wildman–Crippen MR) is 112 cm³/mol. The number of nitrogens with zero attached hydrogens (tertiary/aromatic N) is 2. The van der Waals surface area contributed by atoms with E-state index in [1.165, 1.54) is 0 Å². The van der Waals surface area contributed by atoms with Crippen LogP contribution in [0.2, 0.25) is 0 Å². The molecule has 1 N–H and O–H groups in total. The molecule has 2 aromatic carbocycles. The van der Waals surface area contributed by atoms with Gasteiger partial charge in [0.25, 0.3) is 0 Å². The summed E-state index contributed by atoms with van der Waals surface area (Å²) in [7, 11) is 0. The number of Topliss-reactive ketones (excluding diaryl/α,β-unsaturated/α-hetero) is 1. The predicted octanol–water partition coefficient (Wildman–Crippen LogP) is 5.09. The minimum Gasteiger partial charge on any atom is -0.494 e. The Balaban J connectivity index is 1.86. The fraction of sp³-hybridized carbons (Fsp3) is 0.304. The number of fused-ring (bicyclic) bond motifs is 3. The second-order valence-electron chi connectivity index (χ2n) is 7.19. The lowest BCUT2D eigenvalue weighted by atomic mass is 9.92. The number of nitrogens with one attached hydrogen (secondary N) is 1. The van der Waals surface area contributed by atoms with Crippen molar-refractivity contribution in [2.75, 3.05) is 11.9 Å². The number of aromatic nitrogens is 2. The molecule has 1 aliphatic rings. The number of benzene rings is 2. The monoisotopic (exact) mass is 375 g/mol. The van der Waals surface area contributed by atoms with Crippen LogP contribution < -0.4 is 10.1 Å². The number of ketones is 1. The number of allylic oxidation sites excluding steroid dienone is 2. The molecule has 0 bridgehead atoms. The van der Waals surface area contributed by atoms with Crippen molar-refractivity contribution in [1.82, 2.24) is 9.55 Å². The molecule has 0 spiro atoms. The molecule has 2 heterocycles. The van der Waals surface area contributed by atoms with Gasteiger partial charge in [-0.2, -0.15) is 0 Å². The summed E-state index contributed by atoms with van der Waals surface area (Å²) in [6.07, 6.45) is 2.11. The van der Waals surface area contributed by atoms with Gasteiger partial charge in [-0.1, -0.05) is 37.6 Å². The summed E-state index contributed by atoms with van der Waals surface area (Å²) in [6, 6.07) is 15.8. The summed E-state index contributed by atoms with van der Waals surface area (Å²) in [4.78, 5) is 17.3. The zero-order valence-electron chi connectivity index (χ0n) is 16.5. The van der Waals surface area contributed by atoms with Crippen molar-refractivity contribution >= 4 is 22.8 Å². The topological polar surface area (TPSA) is 56.1 Å². The summed E-state index contributed by atoms with van der Waals surface area (Å²) < 4.78 is 8.03. The molecular formula is C23H25N3O2. The number of hydrogen-bond acceptors (Lipinski definition) is 4. The second-order valence-corrected chi connectivity index (χ2v) is 7.19. The Morgan fingerprint density at radius 1 is 1.21 bits per heavy atom. The minimum absolute atomic E-state index is 0.0516. The summed E-state index contributed by atoms with van der Waals surface area (Å²) in [5.74, 6) is 1.64. The first-order valence-electron chi connectivity index (χ1n) is 9.78. The average molecular weight is 375 g/mol. The van der Waals surface area contributed by atoms with Gasteiger partial charge in [0.05, 0.1) is 23.7 Å². The Labute approximate surface area is 165 Å². The van der Waals surface area contributed by atoms with E-state index in [1.807, 2.05) is 49.4 Å². The van der Waals surface area contributed by atoms with Crippen LogP contribution in [-0.2, 0) is 4.79 Å². The van der Waals surface area contributed by atoms with Crippen LogP contribution in [0.5, 0.6) is 5.75 Å². The summed E-state index contributed by atoms with van der Waals surface area (Å²) >= 11 is 0. The number of imidazole rings is 1. The van der Waals surface area contributed by atoms with Gasteiger partial charge in [-0.15, -0.1) is 0 Å². The van der Waals surface area contributed by atoms with Crippen LogP contribution in [-0.4, -0.2) is 21.9 Å². The van der Waals surface area contributed by atoms with E-state index in [0.717, 1.165) is 52.4 Å². The molecular weight excluding hydrogens is 350 g/mol. The number of rotatable bonds is 6. The summed E-state index contributed by atoms with van der Waals surface area (Å²) in [5.41, 5.74) is 4.52.